The molecule has 0 unspecified atom stereocenters. The average molecular weight is 373 g/mol. The van der Waals surface area contributed by atoms with E-state index in [0.717, 1.165) is 47.9 Å². The fourth-order valence-electron chi connectivity index (χ4n) is 3.02. The van der Waals surface area contributed by atoms with Gasteiger partial charge in [-0.05, 0) is 48.9 Å². The predicted molar refractivity (Wildman–Crippen MR) is 97.0 cm³/mol. The number of hydrogen-bond donors (Lipinski definition) is 1. The fourth-order valence-corrected chi connectivity index (χ4v) is 3.43. The Morgan fingerprint density at radius 3 is 2.87 bits per heavy atom. The number of aromatic nitrogens is 2. The van der Waals surface area contributed by atoms with Crippen LogP contribution in [0.3, 0.4) is 0 Å². The van der Waals surface area contributed by atoms with Crippen molar-refractivity contribution in [1.82, 2.24) is 9.97 Å². The number of rotatable bonds is 4. The van der Waals surface area contributed by atoms with Crippen molar-refractivity contribution in [1.29, 1.82) is 0 Å². The minimum atomic E-state index is 0.577. The van der Waals surface area contributed by atoms with Crippen LogP contribution in [-0.4, -0.2) is 22.6 Å². The number of fused-ring (bicyclic) bond motifs is 1. The molecule has 5 heteroatoms. The van der Waals surface area contributed by atoms with Crippen LogP contribution in [0.1, 0.15) is 36.6 Å². The van der Waals surface area contributed by atoms with Gasteiger partial charge in [-0.3, -0.25) is 0 Å². The summed E-state index contributed by atoms with van der Waals surface area (Å²) < 4.78 is 1.14. The third-order valence-corrected chi connectivity index (χ3v) is 5.04. The largest absolute Gasteiger partial charge is 0.352 e. The number of nitrogens with one attached hydrogen (secondary N) is 1. The van der Waals surface area contributed by atoms with Gasteiger partial charge in [0.05, 0.1) is 0 Å². The van der Waals surface area contributed by atoms with E-state index in [2.05, 4.69) is 62.3 Å². The number of nitrogens with zero attached hydrogens (tertiary/aromatic N) is 3. The van der Waals surface area contributed by atoms with Crippen molar-refractivity contribution in [3.63, 3.8) is 0 Å². The summed E-state index contributed by atoms with van der Waals surface area (Å²) in [5, 5.41) is 3.44. The molecule has 2 aromatic rings. The van der Waals surface area contributed by atoms with Gasteiger partial charge < -0.3 is 10.2 Å². The molecule has 120 valence electrons. The van der Waals surface area contributed by atoms with Gasteiger partial charge in [-0.2, -0.15) is 4.98 Å². The normalized spacial score (nSPS) is 17.0. The van der Waals surface area contributed by atoms with Crippen molar-refractivity contribution in [2.75, 3.05) is 16.8 Å². The molecule has 1 aliphatic heterocycles. The number of aryl methyl sites for hydroxylation is 1. The Balaban J connectivity index is 1.62. The molecule has 0 atom stereocenters. The number of benzene rings is 1. The van der Waals surface area contributed by atoms with Crippen molar-refractivity contribution in [2.24, 2.45) is 0 Å². The lowest BCUT2D eigenvalue weighted by atomic mass is 10.00. The Kier molecular flexibility index (Phi) is 3.97. The lowest BCUT2D eigenvalue weighted by Gasteiger charge is -2.30. The SMILES string of the molecule is CCc1cc(N2CCc3ccc(Br)cc3C2)nc(NC2CC2)n1. The quantitative estimate of drug-likeness (QED) is 0.882. The van der Waals surface area contributed by atoms with Crippen molar-refractivity contribution < 1.29 is 0 Å². The van der Waals surface area contributed by atoms with Crippen molar-refractivity contribution in [2.45, 2.75) is 45.2 Å². The molecular weight excluding hydrogens is 352 g/mol. The van der Waals surface area contributed by atoms with Gasteiger partial charge in [-0.15, -0.1) is 0 Å². The molecule has 1 aliphatic carbocycles. The summed E-state index contributed by atoms with van der Waals surface area (Å²) in [7, 11) is 0. The second kappa shape index (κ2) is 6.11. The van der Waals surface area contributed by atoms with E-state index in [1.54, 1.807) is 0 Å². The highest BCUT2D eigenvalue weighted by atomic mass is 79.9. The van der Waals surface area contributed by atoms with E-state index < -0.39 is 0 Å². The van der Waals surface area contributed by atoms with E-state index in [9.17, 15) is 0 Å². The van der Waals surface area contributed by atoms with E-state index in [1.807, 2.05) is 0 Å². The first kappa shape index (κ1) is 14.9. The molecule has 0 amide bonds. The summed E-state index contributed by atoms with van der Waals surface area (Å²) in [6, 6.07) is 9.31. The maximum Gasteiger partial charge on any atom is 0.225 e. The van der Waals surface area contributed by atoms with Gasteiger partial charge in [0, 0.05) is 35.4 Å². The van der Waals surface area contributed by atoms with Crippen LogP contribution in [0.5, 0.6) is 0 Å². The standard InChI is InChI=1S/C18H21BrN4/c1-2-15-10-17(22-18(20-15)21-16-5-6-16)23-8-7-12-3-4-14(19)9-13(12)11-23/h3-4,9-10,16H,2,5-8,11H2,1H3,(H,20,21,22). The molecule has 0 spiro atoms. The zero-order chi connectivity index (χ0) is 15.8. The zero-order valence-corrected chi connectivity index (χ0v) is 14.9. The van der Waals surface area contributed by atoms with E-state index in [0.29, 0.717) is 6.04 Å². The van der Waals surface area contributed by atoms with Gasteiger partial charge >= 0.3 is 0 Å². The molecule has 2 aliphatic rings. The van der Waals surface area contributed by atoms with Crippen LogP contribution in [0.25, 0.3) is 0 Å². The van der Waals surface area contributed by atoms with Gasteiger partial charge in [0.25, 0.3) is 0 Å². The van der Waals surface area contributed by atoms with Crippen LogP contribution in [0.2, 0.25) is 0 Å². The molecule has 4 rings (SSSR count). The van der Waals surface area contributed by atoms with Gasteiger partial charge in [-0.1, -0.05) is 28.9 Å². The third kappa shape index (κ3) is 3.34. The van der Waals surface area contributed by atoms with Crippen LogP contribution < -0.4 is 10.2 Å². The molecule has 1 aromatic carbocycles. The molecule has 0 bridgehead atoms. The monoisotopic (exact) mass is 372 g/mol. The van der Waals surface area contributed by atoms with Gasteiger partial charge in [0.2, 0.25) is 5.95 Å². The van der Waals surface area contributed by atoms with Crippen molar-refractivity contribution in [3.05, 3.63) is 45.6 Å². The van der Waals surface area contributed by atoms with Crippen LogP contribution in [-0.2, 0) is 19.4 Å². The van der Waals surface area contributed by atoms with Gasteiger partial charge in [-0.25, -0.2) is 4.98 Å². The molecule has 1 fully saturated rings. The summed E-state index contributed by atoms with van der Waals surface area (Å²) in [6.07, 6.45) is 4.48. The molecule has 1 aromatic heterocycles. The number of halogens is 1. The first-order valence-corrected chi connectivity index (χ1v) is 9.17. The predicted octanol–water partition coefficient (Wildman–Crippen LogP) is 3.94. The highest BCUT2D eigenvalue weighted by Gasteiger charge is 2.23. The molecule has 23 heavy (non-hydrogen) atoms. The van der Waals surface area contributed by atoms with Crippen LogP contribution >= 0.6 is 15.9 Å². The lowest BCUT2D eigenvalue weighted by Crippen LogP contribution is -2.31. The summed E-state index contributed by atoms with van der Waals surface area (Å²) in [4.78, 5) is 11.8. The van der Waals surface area contributed by atoms with Gasteiger partial charge in [0.1, 0.15) is 5.82 Å². The van der Waals surface area contributed by atoms with Crippen LogP contribution in [0, 0.1) is 0 Å². The third-order valence-electron chi connectivity index (χ3n) is 4.54. The second-order valence-electron chi connectivity index (χ2n) is 6.40. The van der Waals surface area contributed by atoms with Crippen molar-refractivity contribution in [3.8, 4) is 0 Å². The Morgan fingerprint density at radius 1 is 1.22 bits per heavy atom. The minimum Gasteiger partial charge on any atom is -0.352 e. The molecule has 1 N–H and O–H groups in total. The summed E-state index contributed by atoms with van der Waals surface area (Å²) in [5.41, 5.74) is 3.95. The van der Waals surface area contributed by atoms with E-state index >= 15 is 0 Å². The Bertz CT molecular complexity index is 727. The minimum absolute atomic E-state index is 0.577. The molecule has 1 saturated carbocycles. The lowest BCUT2D eigenvalue weighted by molar-refractivity contribution is 0.717. The smallest absolute Gasteiger partial charge is 0.225 e. The maximum absolute atomic E-state index is 4.77. The Morgan fingerprint density at radius 2 is 2.09 bits per heavy atom. The van der Waals surface area contributed by atoms with Crippen LogP contribution in [0.15, 0.2) is 28.7 Å². The maximum atomic E-state index is 4.77. The molecular formula is C18H21BrN4. The fraction of sp³-hybridized carbons (Fsp3) is 0.444. The molecule has 0 radical (unpaired) electrons. The molecule has 4 nitrogen and oxygen atoms in total. The van der Waals surface area contributed by atoms with E-state index in [4.69, 9.17) is 4.98 Å². The number of anilines is 2. The second-order valence-corrected chi connectivity index (χ2v) is 7.31. The summed E-state index contributed by atoms with van der Waals surface area (Å²) in [5.74, 6) is 1.84. The first-order chi connectivity index (χ1) is 11.2. The van der Waals surface area contributed by atoms with Crippen LogP contribution in [0.4, 0.5) is 11.8 Å². The summed E-state index contributed by atoms with van der Waals surface area (Å²) >= 11 is 3.58. The average Bonchev–Trinajstić information content (AvgIpc) is 3.37. The first-order valence-electron chi connectivity index (χ1n) is 8.38. The Labute approximate surface area is 145 Å². The zero-order valence-electron chi connectivity index (χ0n) is 13.3. The van der Waals surface area contributed by atoms with E-state index in [-0.39, 0.29) is 0 Å². The van der Waals surface area contributed by atoms with E-state index in [1.165, 1.54) is 24.0 Å². The van der Waals surface area contributed by atoms with Gasteiger partial charge in [0.15, 0.2) is 0 Å². The summed E-state index contributed by atoms with van der Waals surface area (Å²) in [6.45, 7) is 4.07. The molecule has 0 saturated heterocycles. The highest BCUT2D eigenvalue weighted by Crippen LogP contribution is 2.28. The van der Waals surface area contributed by atoms with Crippen molar-refractivity contribution >= 4 is 27.7 Å². The Hall–Kier alpha value is -1.62. The number of hydrogen-bond acceptors (Lipinski definition) is 4. The highest BCUT2D eigenvalue weighted by molar-refractivity contribution is 9.10. The molecule has 2 heterocycles. The topological polar surface area (TPSA) is 41.1 Å².